The molecule has 0 bridgehead atoms. The maximum absolute atomic E-state index is 13.0. The van der Waals surface area contributed by atoms with Crippen molar-refractivity contribution >= 4 is 27.5 Å². The predicted octanol–water partition coefficient (Wildman–Crippen LogP) is 5.92. The third-order valence-electron chi connectivity index (χ3n) is 2.73. The van der Waals surface area contributed by atoms with Crippen molar-refractivity contribution in [2.45, 2.75) is 11.5 Å². The van der Waals surface area contributed by atoms with Crippen molar-refractivity contribution in [2.24, 2.45) is 0 Å². The molecule has 5 heteroatoms. The van der Waals surface area contributed by atoms with E-state index in [4.69, 9.17) is 11.6 Å². The van der Waals surface area contributed by atoms with Crippen molar-refractivity contribution < 1.29 is 13.2 Å². The molecule has 0 atom stereocenters. The average Bonchev–Trinajstić information content (AvgIpc) is 2.38. The van der Waals surface area contributed by atoms with Gasteiger partial charge in [-0.15, -0.1) is 0 Å². The van der Waals surface area contributed by atoms with E-state index >= 15 is 0 Å². The summed E-state index contributed by atoms with van der Waals surface area (Å²) in [5.74, 6) is 0. The third-order valence-corrected chi connectivity index (χ3v) is 3.71. The second kappa shape index (κ2) is 5.55. The van der Waals surface area contributed by atoms with Crippen LogP contribution in [0.3, 0.4) is 0 Å². The summed E-state index contributed by atoms with van der Waals surface area (Å²) in [6.45, 7) is 0. The summed E-state index contributed by atoms with van der Waals surface area (Å²) in [6, 6.07) is 10.4. The van der Waals surface area contributed by atoms with Gasteiger partial charge in [0, 0.05) is 10.4 Å². The van der Waals surface area contributed by atoms with Gasteiger partial charge in [-0.2, -0.15) is 13.2 Å². The van der Waals surface area contributed by atoms with E-state index in [1.54, 1.807) is 24.3 Å². The number of benzene rings is 2. The molecule has 0 heterocycles. The maximum Gasteiger partial charge on any atom is 0.417 e. The smallest absolute Gasteiger partial charge is 0.166 e. The second-order valence-electron chi connectivity index (χ2n) is 3.98. The summed E-state index contributed by atoms with van der Waals surface area (Å²) in [7, 11) is 0. The quantitative estimate of drug-likeness (QED) is 0.590. The molecule has 2 aromatic rings. The Labute approximate surface area is 122 Å². The first-order valence-corrected chi connectivity index (χ1v) is 6.94. The molecule has 0 spiro atoms. The van der Waals surface area contributed by atoms with Crippen molar-refractivity contribution in [3.8, 4) is 11.1 Å². The number of hydrogen-bond acceptors (Lipinski definition) is 0. The fourth-order valence-corrected chi connectivity index (χ4v) is 2.64. The zero-order chi connectivity index (χ0) is 14.0. The SMILES string of the molecule is FC(F)(F)c1ccccc1-c1ccc(Cl)c(CBr)c1. The molecule has 0 unspecified atom stereocenters. The van der Waals surface area contributed by atoms with Crippen LogP contribution in [0, 0.1) is 0 Å². The second-order valence-corrected chi connectivity index (χ2v) is 4.95. The van der Waals surface area contributed by atoms with E-state index in [0.717, 1.165) is 11.6 Å². The molecule has 0 aromatic heterocycles. The van der Waals surface area contributed by atoms with Crippen LogP contribution >= 0.6 is 27.5 Å². The number of halogens is 5. The third kappa shape index (κ3) is 3.12. The lowest BCUT2D eigenvalue weighted by atomic mass is 9.98. The van der Waals surface area contributed by atoms with Gasteiger partial charge in [-0.25, -0.2) is 0 Å². The topological polar surface area (TPSA) is 0 Å². The highest BCUT2D eigenvalue weighted by Crippen LogP contribution is 2.37. The molecule has 0 radical (unpaired) electrons. The van der Waals surface area contributed by atoms with Crippen LogP contribution in [0.2, 0.25) is 5.02 Å². The summed E-state index contributed by atoms with van der Waals surface area (Å²) < 4.78 is 38.9. The number of hydrogen-bond donors (Lipinski definition) is 0. The number of alkyl halides is 4. The lowest BCUT2D eigenvalue weighted by molar-refractivity contribution is -0.137. The van der Waals surface area contributed by atoms with Gasteiger partial charge in [0.15, 0.2) is 0 Å². The molecule has 0 aliphatic carbocycles. The molecule has 0 fully saturated rings. The Hall–Kier alpha value is -1.000. The highest BCUT2D eigenvalue weighted by molar-refractivity contribution is 9.08. The van der Waals surface area contributed by atoms with E-state index in [0.29, 0.717) is 15.9 Å². The number of rotatable bonds is 2. The Morgan fingerprint density at radius 2 is 1.74 bits per heavy atom. The van der Waals surface area contributed by atoms with Crippen molar-refractivity contribution in [3.05, 3.63) is 58.6 Å². The Morgan fingerprint density at radius 1 is 1.05 bits per heavy atom. The molecule has 0 N–H and O–H groups in total. The van der Waals surface area contributed by atoms with Gasteiger partial charge in [0.2, 0.25) is 0 Å². The first-order valence-electron chi connectivity index (χ1n) is 5.44. The van der Waals surface area contributed by atoms with Gasteiger partial charge in [-0.1, -0.05) is 51.8 Å². The van der Waals surface area contributed by atoms with E-state index in [2.05, 4.69) is 15.9 Å². The normalized spacial score (nSPS) is 11.6. The minimum atomic E-state index is -4.37. The monoisotopic (exact) mass is 348 g/mol. The molecule has 0 saturated carbocycles. The Bertz CT molecular complexity index is 593. The molecule has 0 amide bonds. The highest BCUT2D eigenvalue weighted by Gasteiger charge is 2.33. The van der Waals surface area contributed by atoms with Crippen LogP contribution in [-0.4, -0.2) is 0 Å². The van der Waals surface area contributed by atoms with Crippen molar-refractivity contribution in [3.63, 3.8) is 0 Å². The highest BCUT2D eigenvalue weighted by atomic mass is 79.9. The molecule has 100 valence electrons. The fourth-order valence-electron chi connectivity index (χ4n) is 1.83. The molecule has 0 nitrogen and oxygen atoms in total. The molecule has 2 rings (SSSR count). The lowest BCUT2D eigenvalue weighted by Gasteiger charge is -2.13. The largest absolute Gasteiger partial charge is 0.417 e. The molecular weight excluding hydrogens is 341 g/mol. The first-order chi connectivity index (χ1) is 8.93. The van der Waals surface area contributed by atoms with Gasteiger partial charge in [0.1, 0.15) is 0 Å². The van der Waals surface area contributed by atoms with Crippen LogP contribution in [0.25, 0.3) is 11.1 Å². The van der Waals surface area contributed by atoms with Crippen LogP contribution in [0.4, 0.5) is 13.2 Å². The minimum absolute atomic E-state index is 0.161. The summed E-state index contributed by atoms with van der Waals surface area (Å²) in [4.78, 5) is 0. The molecule has 0 saturated heterocycles. The van der Waals surface area contributed by atoms with Crippen LogP contribution in [0.15, 0.2) is 42.5 Å². The predicted molar refractivity (Wildman–Crippen MR) is 74.5 cm³/mol. The standard InChI is InChI=1S/C14H9BrClF3/c15-8-10-7-9(5-6-13(10)16)11-3-1-2-4-12(11)14(17,18)19/h1-7H,8H2. The van der Waals surface area contributed by atoms with Gasteiger partial charge in [0.25, 0.3) is 0 Å². The van der Waals surface area contributed by atoms with E-state index in [-0.39, 0.29) is 5.56 Å². The summed E-state index contributed by atoms with van der Waals surface area (Å²) in [5, 5.41) is 1.03. The molecule has 0 aliphatic rings. The lowest BCUT2D eigenvalue weighted by Crippen LogP contribution is -2.06. The Kier molecular flexibility index (Phi) is 4.21. The minimum Gasteiger partial charge on any atom is -0.166 e. The van der Waals surface area contributed by atoms with Gasteiger partial charge in [-0.05, 0) is 34.9 Å². The molecular formula is C14H9BrClF3. The van der Waals surface area contributed by atoms with Gasteiger partial charge in [0.05, 0.1) is 5.56 Å². The average molecular weight is 350 g/mol. The van der Waals surface area contributed by atoms with E-state index in [9.17, 15) is 13.2 Å². The molecule has 2 aromatic carbocycles. The first kappa shape index (κ1) is 14.4. The summed E-state index contributed by atoms with van der Waals surface area (Å²) in [6.07, 6.45) is -4.37. The van der Waals surface area contributed by atoms with Crippen molar-refractivity contribution in [1.29, 1.82) is 0 Å². The zero-order valence-electron chi connectivity index (χ0n) is 9.64. The van der Waals surface area contributed by atoms with E-state index in [1.807, 2.05) is 0 Å². The van der Waals surface area contributed by atoms with Crippen LogP contribution < -0.4 is 0 Å². The van der Waals surface area contributed by atoms with Gasteiger partial charge < -0.3 is 0 Å². The van der Waals surface area contributed by atoms with Crippen molar-refractivity contribution in [1.82, 2.24) is 0 Å². The van der Waals surface area contributed by atoms with Gasteiger partial charge in [-0.3, -0.25) is 0 Å². The Balaban J connectivity index is 2.59. The molecule has 0 aliphatic heterocycles. The van der Waals surface area contributed by atoms with E-state index in [1.165, 1.54) is 12.1 Å². The van der Waals surface area contributed by atoms with Crippen molar-refractivity contribution in [2.75, 3.05) is 0 Å². The maximum atomic E-state index is 13.0. The fraction of sp³-hybridized carbons (Fsp3) is 0.143. The van der Waals surface area contributed by atoms with Crippen LogP contribution in [0.1, 0.15) is 11.1 Å². The summed E-state index contributed by atoms with van der Waals surface area (Å²) in [5.41, 5.74) is 0.787. The van der Waals surface area contributed by atoms with Crippen LogP contribution in [-0.2, 0) is 11.5 Å². The summed E-state index contributed by atoms with van der Waals surface area (Å²) >= 11 is 9.23. The Morgan fingerprint density at radius 3 is 2.37 bits per heavy atom. The molecule has 19 heavy (non-hydrogen) atoms. The van der Waals surface area contributed by atoms with Crippen LogP contribution in [0.5, 0.6) is 0 Å². The zero-order valence-corrected chi connectivity index (χ0v) is 12.0. The van der Waals surface area contributed by atoms with E-state index < -0.39 is 11.7 Å². The van der Waals surface area contributed by atoms with Gasteiger partial charge >= 0.3 is 6.18 Å².